The lowest BCUT2D eigenvalue weighted by molar-refractivity contribution is 0.356. The van der Waals surface area contributed by atoms with Crippen LogP contribution in [-0.2, 0) is 0 Å². The summed E-state index contributed by atoms with van der Waals surface area (Å²) >= 11 is 0. The van der Waals surface area contributed by atoms with Gasteiger partial charge in [-0.25, -0.2) is 0 Å². The molecule has 1 N–H and O–H groups in total. The third-order valence-corrected chi connectivity index (χ3v) is 7.09. The van der Waals surface area contributed by atoms with Gasteiger partial charge in [0.05, 0.1) is 11.4 Å². The summed E-state index contributed by atoms with van der Waals surface area (Å²) in [6.07, 6.45) is 15.8. The SMILES string of the molecule is c1ccc(-c2cn(C3CCCCC3)c(-c3ccccc3)c2NC2CCCCC2)cc1. The molecule has 2 nitrogen and oxygen atoms in total. The second kappa shape index (κ2) is 9.12. The molecule has 0 atom stereocenters. The lowest BCUT2D eigenvalue weighted by atomic mass is 9.94. The van der Waals surface area contributed by atoms with Crippen molar-refractivity contribution in [2.75, 3.05) is 5.32 Å². The van der Waals surface area contributed by atoms with Crippen LogP contribution in [0.2, 0.25) is 0 Å². The summed E-state index contributed by atoms with van der Waals surface area (Å²) in [5, 5.41) is 4.05. The van der Waals surface area contributed by atoms with Crippen molar-refractivity contribution in [1.29, 1.82) is 0 Å². The van der Waals surface area contributed by atoms with Gasteiger partial charge in [-0.2, -0.15) is 0 Å². The van der Waals surface area contributed by atoms with Crippen molar-refractivity contribution in [3.8, 4) is 22.4 Å². The number of benzene rings is 2. The van der Waals surface area contributed by atoms with Crippen LogP contribution in [0.3, 0.4) is 0 Å². The van der Waals surface area contributed by atoms with Crippen LogP contribution in [0.1, 0.15) is 70.3 Å². The van der Waals surface area contributed by atoms with Crippen molar-refractivity contribution in [3.63, 3.8) is 0 Å². The Morgan fingerprint density at radius 2 is 1.20 bits per heavy atom. The number of anilines is 1. The highest BCUT2D eigenvalue weighted by Crippen LogP contribution is 2.44. The molecule has 2 heteroatoms. The van der Waals surface area contributed by atoms with Gasteiger partial charge < -0.3 is 9.88 Å². The summed E-state index contributed by atoms with van der Waals surface area (Å²) < 4.78 is 2.63. The van der Waals surface area contributed by atoms with Gasteiger partial charge in [-0.05, 0) is 31.2 Å². The largest absolute Gasteiger partial charge is 0.380 e. The van der Waals surface area contributed by atoms with Crippen LogP contribution in [0.4, 0.5) is 5.69 Å². The highest BCUT2D eigenvalue weighted by molar-refractivity contribution is 5.90. The minimum absolute atomic E-state index is 0.589. The van der Waals surface area contributed by atoms with Gasteiger partial charge in [-0.3, -0.25) is 0 Å². The number of aromatic nitrogens is 1. The van der Waals surface area contributed by atoms with Crippen molar-refractivity contribution in [2.45, 2.75) is 76.3 Å². The van der Waals surface area contributed by atoms with Crippen LogP contribution in [0.25, 0.3) is 22.4 Å². The lowest BCUT2D eigenvalue weighted by Gasteiger charge is -2.28. The first kappa shape index (κ1) is 19.5. The molecule has 2 aliphatic rings. The van der Waals surface area contributed by atoms with Crippen LogP contribution in [-0.4, -0.2) is 10.6 Å². The monoisotopic (exact) mass is 398 g/mol. The Morgan fingerprint density at radius 1 is 0.633 bits per heavy atom. The summed E-state index contributed by atoms with van der Waals surface area (Å²) in [5.41, 5.74) is 6.77. The van der Waals surface area contributed by atoms with E-state index in [0.29, 0.717) is 12.1 Å². The molecular weight excluding hydrogens is 364 g/mol. The summed E-state index contributed by atoms with van der Waals surface area (Å²) in [7, 11) is 0. The zero-order chi connectivity index (χ0) is 20.2. The van der Waals surface area contributed by atoms with Gasteiger partial charge in [0.15, 0.2) is 0 Å². The molecule has 0 saturated heterocycles. The van der Waals surface area contributed by atoms with Gasteiger partial charge in [0.2, 0.25) is 0 Å². The van der Waals surface area contributed by atoms with Crippen molar-refractivity contribution >= 4 is 5.69 Å². The van der Waals surface area contributed by atoms with E-state index in [4.69, 9.17) is 0 Å². The normalized spacial score (nSPS) is 18.4. The smallest absolute Gasteiger partial charge is 0.0725 e. The Kier molecular flexibility index (Phi) is 5.92. The summed E-state index contributed by atoms with van der Waals surface area (Å²) in [6.45, 7) is 0. The van der Waals surface area contributed by atoms with Crippen LogP contribution in [0, 0.1) is 0 Å². The van der Waals surface area contributed by atoms with Crippen molar-refractivity contribution in [2.24, 2.45) is 0 Å². The number of hydrogen-bond donors (Lipinski definition) is 1. The quantitative estimate of drug-likeness (QED) is 0.460. The van der Waals surface area contributed by atoms with Crippen LogP contribution >= 0.6 is 0 Å². The Balaban J connectivity index is 1.66. The van der Waals surface area contributed by atoms with E-state index in [-0.39, 0.29) is 0 Å². The Hall–Kier alpha value is -2.48. The molecule has 2 aromatic carbocycles. The fourth-order valence-corrected chi connectivity index (χ4v) is 5.50. The molecule has 0 unspecified atom stereocenters. The van der Waals surface area contributed by atoms with Crippen molar-refractivity contribution < 1.29 is 0 Å². The lowest BCUT2D eigenvalue weighted by Crippen LogP contribution is -2.23. The first-order valence-electron chi connectivity index (χ1n) is 12.0. The molecule has 5 rings (SSSR count). The van der Waals surface area contributed by atoms with Gasteiger partial charge >= 0.3 is 0 Å². The highest BCUT2D eigenvalue weighted by atomic mass is 15.1. The van der Waals surface area contributed by atoms with Crippen LogP contribution < -0.4 is 5.32 Å². The zero-order valence-corrected chi connectivity index (χ0v) is 18.0. The molecule has 0 aliphatic heterocycles. The number of hydrogen-bond acceptors (Lipinski definition) is 1. The molecular formula is C28H34N2. The predicted octanol–water partition coefficient (Wildman–Crippen LogP) is 8.07. The van der Waals surface area contributed by atoms with Gasteiger partial charge in [0.1, 0.15) is 0 Å². The van der Waals surface area contributed by atoms with E-state index in [2.05, 4.69) is 76.7 Å². The third kappa shape index (κ3) is 4.05. The minimum atomic E-state index is 0.589. The van der Waals surface area contributed by atoms with Gasteiger partial charge in [0.25, 0.3) is 0 Å². The Labute approximate surface area is 181 Å². The molecule has 0 bridgehead atoms. The summed E-state index contributed by atoms with van der Waals surface area (Å²) in [5.74, 6) is 0. The molecule has 156 valence electrons. The van der Waals surface area contributed by atoms with E-state index in [0.717, 1.165) is 0 Å². The number of nitrogens with one attached hydrogen (secondary N) is 1. The second-order valence-corrected chi connectivity index (χ2v) is 9.18. The van der Waals surface area contributed by atoms with Gasteiger partial charge in [0, 0.05) is 29.4 Å². The van der Waals surface area contributed by atoms with Crippen molar-refractivity contribution in [1.82, 2.24) is 4.57 Å². The fourth-order valence-electron chi connectivity index (χ4n) is 5.50. The molecule has 2 fully saturated rings. The molecule has 2 saturated carbocycles. The molecule has 1 aromatic heterocycles. The molecule has 2 aliphatic carbocycles. The van der Waals surface area contributed by atoms with E-state index >= 15 is 0 Å². The first-order chi connectivity index (χ1) is 14.9. The minimum Gasteiger partial charge on any atom is -0.380 e. The zero-order valence-electron chi connectivity index (χ0n) is 18.0. The predicted molar refractivity (Wildman–Crippen MR) is 128 cm³/mol. The Morgan fingerprint density at radius 3 is 1.83 bits per heavy atom. The van der Waals surface area contributed by atoms with Crippen LogP contribution in [0.5, 0.6) is 0 Å². The maximum atomic E-state index is 4.05. The van der Waals surface area contributed by atoms with E-state index in [1.165, 1.54) is 92.3 Å². The summed E-state index contributed by atoms with van der Waals surface area (Å²) in [4.78, 5) is 0. The van der Waals surface area contributed by atoms with E-state index in [1.807, 2.05) is 0 Å². The van der Waals surface area contributed by atoms with Gasteiger partial charge in [-0.1, -0.05) is 99.2 Å². The maximum absolute atomic E-state index is 4.05. The number of rotatable bonds is 5. The van der Waals surface area contributed by atoms with Gasteiger partial charge in [-0.15, -0.1) is 0 Å². The standard InChI is InChI=1S/C28H34N2/c1-5-13-22(14-6-1)26-21-30(25-19-11-4-12-20-25)28(23-15-7-2-8-16-23)27(26)29-24-17-9-3-10-18-24/h1-2,5-8,13-16,21,24-25,29H,3-4,9-12,17-20H2. The van der Waals surface area contributed by atoms with E-state index in [1.54, 1.807) is 0 Å². The van der Waals surface area contributed by atoms with Crippen molar-refractivity contribution in [3.05, 3.63) is 66.9 Å². The molecule has 30 heavy (non-hydrogen) atoms. The second-order valence-electron chi connectivity index (χ2n) is 9.18. The molecule has 0 amide bonds. The topological polar surface area (TPSA) is 17.0 Å². The molecule has 0 radical (unpaired) electrons. The maximum Gasteiger partial charge on any atom is 0.0725 e. The first-order valence-corrected chi connectivity index (χ1v) is 12.0. The average molecular weight is 399 g/mol. The average Bonchev–Trinajstić information content (AvgIpc) is 3.20. The van der Waals surface area contributed by atoms with E-state index < -0.39 is 0 Å². The third-order valence-electron chi connectivity index (χ3n) is 7.09. The fraction of sp³-hybridized carbons (Fsp3) is 0.429. The number of nitrogens with zero attached hydrogens (tertiary/aromatic N) is 1. The molecule has 1 heterocycles. The Bertz CT molecular complexity index is 930. The molecule has 3 aromatic rings. The highest BCUT2D eigenvalue weighted by Gasteiger charge is 2.26. The van der Waals surface area contributed by atoms with Crippen LogP contribution in [0.15, 0.2) is 66.9 Å². The summed E-state index contributed by atoms with van der Waals surface area (Å²) in [6, 6.07) is 23.2. The molecule has 0 spiro atoms. The van der Waals surface area contributed by atoms with E-state index in [9.17, 15) is 0 Å².